The molecule has 0 aromatic heterocycles. The number of benzene rings is 2. The topological polar surface area (TPSA) is 103 Å². The zero-order valence-corrected chi connectivity index (χ0v) is 17.0. The Hall–Kier alpha value is -2.62. The van der Waals surface area contributed by atoms with E-state index in [1.165, 1.54) is 31.4 Å². The first-order valence-electron chi connectivity index (χ1n) is 9.25. The number of carbonyl (C=O) groups is 1. The first-order chi connectivity index (χ1) is 14.0. The summed E-state index contributed by atoms with van der Waals surface area (Å²) in [7, 11) is -2.12. The van der Waals surface area contributed by atoms with Crippen molar-refractivity contribution in [1.29, 1.82) is 0 Å². The van der Waals surface area contributed by atoms with Gasteiger partial charge in [0, 0.05) is 25.8 Å². The number of carbonyl (C=O) groups excluding carboxylic acids is 1. The molecule has 2 aromatic rings. The van der Waals surface area contributed by atoms with Crippen molar-refractivity contribution >= 4 is 15.9 Å². The van der Waals surface area contributed by atoms with E-state index in [4.69, 9.17) is 14.2 Å². The fraction of sp³-hybridized carbons (Fsp3) is 0.350. The molecular formula is C20H24N2O6S. The number of rotatable bonds is 9. The molecule has 1 aliphatic heterocycles. The molecule has 0 bridgehead atoms. The molecule has 0 saturated heterocycles. The van der Waals surface area contributed by atoms with Crippen LogP contribution in [0.5, 0.6) is 11.5 Å². The summed E-state index contributed by atoms with van der Waals surface area (Å²) in [4.78, 5) is 12.4. The van der Waals surface area contributed by atoms with Gasteiger partial charge in [0.2, 0.25) is 10.0 Å². The summed E-state index contributed by atoms with van der Waals surface area (Å²) in [6.45, 7) is 1.98. The first-order valence-corrected chi connectivity index (χ1v) is 10.7. The zero-order chi connectivity index (χ0) is 20.7. The Labute approximate surface area is 170 Å². The van der Waals surface area contributed by atoms with E-state index in [0.717, 1.165) is 17.1 Å². The largest absolute Gasteiger partial charge is 0.486 e. The summed E-state index contributed by atoms with van der Waals surface area (Å²) in [6, 6.07) is 11.5. The van der Waals surface area contributed by atoms with Gasteiger partial charge in [-0.2, -0.15) is 0 Å². The molecule has 1 amide bonds. The van der Waals surface area contributed by atoms with E-state index in [1.807, 2.05) is 18.2 Å². The summed E-state index contributed by atoms with van der Waals surface area (Å²) < 4.78 is 42.6. The number of hydrogen-bond acceptors (Lipinski definition) is 6. The Bertz CT molecular complexity index is 944. The van der Waals surface area contributed by atoms with Gasteiger partial charge in [-0.1, -0.05) is 6.07 Å². The molecule has 0 fully saturated rings. The van der Waals surface area contributed by atoms with E-state index in [-0.39, 0.29) is 24.0 Å². The summed E-state index contributed by atoms with van der Waals surface area (Å²) in [5.41, 5.74) is 1.42. The molecule has 1 heterocycles. The molecule has 3 rings (SSSR count). The van der Waals surface area contributed by atoms with Crippen molar-refractivity contribution in [2.45, 2.75) is 11.3 Å². The quantitative estimate of drug-likeness (QED) is 0.594. The second kappa shape index (κ2) is 9.73. The minimum atomic E-state index is -3.62. The normalized spacial score (nSPS) is 13.1. The Morgan fingerprint density at radius 2 is 1.76 bits per heavy atom. The van der Waals surface area contributed by atoms with E-state index < -0.39 is 10.0 Å². The van der Waals surface area contributed by atoms with Crippen LogP contribution >= 0.6 is 0 Å². The van der Waals surface area contributed by atoms with Gasteiger partial charge in [-0.25, -0.2) is 13.1 Å². The fourth-order valence-corrected chi connectivity index (χ4v) is 3.83. The van der Waals surface area contributed by atoms with Gasteiger partial charge in [-0.05, 0) is 48.4 Å². The third-order valence-corrected chi connectivity index (χ3v) is 5.81. The van der Waals surface area contributed by atoms with Crippen molar-refractivity contribution in [3.8, 4) is 11.5 Å². The van der Waals surface area contributed by atoms with Crippen LogP contribution in [0.2, 0.25) is 0 Å². The molecule has 0 radical (unpaired) electrons. The number of amides is 1. The van der Waals surface area contributed by atoms with E-state index in [2.05, 4.69) is 10.0 Å². The lowest BCUT2D eigenvalue weighted by Crippen LogP contribution is -2.28. The van der Waals surface area contributed by atoms with Crippen molar-refractivity contribution in [3.05, 3.63) is 53.6 Å². The van der Waals surface area contributed by atoms with Crippen LogP contribution in [0.15, 0.2) is 47.4 Å². The van der Waals surface area contributed by atoms with Crippen molar-refractivity contribution in [3.63, 3.8) is 0 Å². The predicted octanol–water partition coefficient (Wildman–Crippen LogP) is 1.35. The summed E-state index contributed by atoms with van der Waals surface area (Å²) in [5.74, 6) is 1.19. The van der Waals surface area contributed by atoms with Crippen LogP contribution in [0.4, 0.5) is 0 Å². The highest BCUT2D eigenvalue weighted by Crippen LogP contribution is 2.30. The second-order valence-electron chi connectivity index (χ2n) is 6.40. The van der Waals surface area contributed by atoms with E-state index in [9.17, 15) is 13.2 Å². The van der Waals surface area contributed by atoms with Crippen LogP contribution < -0.4 is 19.5 Å². The highest BCUT2D eigenvalue weighted by Gasteiger charge is 2.15. The zero-order valence-electron chi connectivity index (χ0n) is 16.1. The number of nitrogens with one attached hydrogen (secondary N) is 2. The molecule has 1 aliphatic rings. The van der Waals surface area contributed by atoms with Crippen LogP contribution in [0.25, 0.3) is 0 Å². The number of methoxy groups -OCH3 is 1. The van der Waals surface area contributed by atoms with E-state index in [0.29, 0.717) is 31.7 Å². The lowest BCUT2D eigenvalue weighted by molar-refractivity contribution is 0.0954. The van der Waals surface area contributed by atoms with Crippen LogP contribution in [0.3, 0.4) is 0 Å². The molecule has 0 spiro atoms. The van der Waals surface area contributed by atoms with Crippen molar-refractivity contribution in [1.82, 2.24) is 10.0 Å². The van der Waals surface area contributed by atoms with Crippen molar-refractivity contribution < 1.29 is 27.4 Å². The number of hydrogen-bond donors (Lipinski definition) is 2. The lowest BCUT2D eigenvalue weighted by Gasteiger charge is -2.18. The van der Waals surface area contributed by atoms with Gasteiger partial charge in [0.1, 0.15) is 13.2 Å². The number of fused-ring (bicyclic) bond motifs is 1. The SMILES string of the molecule is COCCNS(=O)(=O)c1ccc(C(=O)NCCc2ccc3c(c2)OCCO3)cc1. The van der Waals surface area contributed by atoms with Crippen LogP contribution in [-0.4, -0.2) is 54.3 Å². The molecular weight excluding hydrogens is 396 g/mol. The van der Waals surface area contributed by atoms with Gasteiger partial charge in [-0.15, -0.1) is 0 Å². The molecule has 0 saturated carbocycles. The van der Waals surface area contributed by atoms with Gasteiger partial charge in [-0.3, -0.25) is 4.79 Å². The molecule has 0 atom stereocenters. The molecule has 8 nitrogen and oxygen atoms in total. The van der Waals surface area contributed by atoms with Crippen LogP contribution in [0, 0.1) is 0 Å². The summed E-state index contributed by atoms with van der Waals surface area (Å²) in [5, 5.41) is 2.83. The molecule has 0 unspecified atom stereocenters. The van der Waals surface area contributed by atoms with Gasteiger partial charge in [0.05, 0.1) is 11.5 Å². The monoisotopic (exact) mass is 420 g/mol. The molecule has 156 valence electrons. The number of sulfonamides is 1. The Morgan fingerprint density at radius 1 is 1.03 bits per heavy atom. The smallest absolute Gasteiger partial charge is 0.251 e. The Balaban J connectivity index is 1.52. The maximum absolute atomic E-state index is 12.3. The van der Waals surface area contributed by atoms with E-state index in [1.54, 1.807) is 0 Å². The summed E-state index contributed by atoms with van der Waals surface area (Å²) in [6.07, 6.45) is 0.637. The molecule has 9 heteroatoms. The standard InChI is InChI=1S/C20H24N2O6S/c1-26-11-10-22-29(24,25)17-5-3-16(4-6-17)20(23)21-9-8-15-2-7-18-19(14-15)28-13-12-27-18/h2-7,14,22H,8-13H2,1H3,(H,21,23). The third kappa shape index (κ3) is 5.69. The van der Waals surface area contributed by atoms with Gasteiger partial charge in [0.25, 0.3) is 5.91 Å². The molecule has 2 N–H and O–H groups in total. The molecule has 2 aromatic carbocycles. The molecule has 29 heavy (non-hydrogen) atoms. The van der Waals surface area contributed by atoms with Crippen molar-refractivity contribution in [2.75, 3.05) is 40.0 Å². The van der Waals surface area contributed by atoms with Crippen LogP contribution in [0.1, 0.15) is 15.9 Å². The highest BCUT2D eigenvalue weighted by atomic mass is 32.2. The Morgan fingerprint density at radius 3 is 2.48 bits per heavy atom. The fourth-order valence-electron chi connectivity index (χ4n) is 2.81. The minimum absolute atomic E-state index is 0.0985. The lowest BCUT2D eigenvalue weighted by atomic mass is 10.1. The molecule has 0 aliphatic carbocycles. The maximum atomic E-state index is 12.3. The second-order valence-corrected chi connectivity index (χ2v) is 8.17. The first kappa shape index (κ1) is 21.1. The van der Waals surface area contributed by atoms with Gasteiger partial charge in [0.15, 0.2) is 11.5 Å². The van der Waals surface area contributed by atoms with Crippen LogP contribution in [-0.2, 0) is 21.2 Å². The van der Waals surface area contributed by atoms with E-state index >= 15 is 0 Å². The predicted molar refractivity (Wildman–Crippen MR) is 107 cm³/mol. The van der Waals surface area contributed by atoms with Gasteiger partial charge < -0.3 is 19.5 Å². The average Bonchev–Trinajstić information content (AvgIpc) is 2.74. The van der Waals surface area contributed by atoms with Gasteiger partial charge >= 0.3 is 0 Å². The Kier molecular flexibility index (Phi) is 7.08. The minimum Gasteiger partial charge on any atom is -0.486 e. The van der Waals surface area contributed by atoms with Crippen molar-refractivity contribution in [2.24, 2.45) is 0 Å². The maximum Gasteiger partial charge on any atom is 0.251 e. The number of ether oxygens (including phenoxy) is 3. The highest BCUT2D eigenvalue weighted by molar-refractivity contribution is 7.89. The summed E-state index contributed by atoms with van der Waals surface area (Å²) >= 11 is 0. The third-order valence-electron chi connectivity index (χ3n) is 4.33. The average molecular weight is 420 g/mol.